The molecule has 1 fully saturated rings. The number of thioether (sulfide) groups is 1. The fourth-order valence-electron chi connectivity index (χ4n) is 2.07. The maximum absolute atomic E-state index is 10.2. The molecule has 16 heavy (non-hydrogen) atoms. The largest absolute Gasteiger partial charge is 0.389 e. The highest BCUT2D eigenvalue weighted by molar-refractivity contribution is 7.99. The average molecular weight is 245 g/mol. The fraction of sp³-hybridized carbons (Fsp3) is 1.00. The van der Waals surface area contributed by atoms with Gasteiger partial charge in [-0.3, -0.25) is 0 Å². The lowest BCUT2D eigenvalue weighted by Crippen LogP contribution is -2.45. The van der Waals surface area contributed by atoms with Crippen molar-refractivity contribution in [3.63, 3.8) is 0 Å². The van der Waals surface area contributed by atoms with Crippen LogP contribution in [0, 0.1) is 5.92 Å². The van der Waals surface area contributed by atoms with E-state index in [-0.39, 0.29) is 0 Å². The first-order valence-corrected chi connectivity index (χ1v) is 7.58. The van der Waals surface area contributed by atoms with Crippen molar-refractivity contribution in [1.29, 1.82) is 0 Å². The first kappa shape index (κ1) is 14.3. The van der Waals surface area contributed by atoms with Crippen molar-refractivity contribution in [3.8, 4) is 0 Å². The van der Waals surface area contributed by atoms with Crippen molar-refractivity contribution >= 4 is 11.8 Å². The monoisotopic (exact) mass is 245 g/mol. The predicted octanol–water partition coefficient (Wildman–Crippen LogP) is 2.66. The third-order valence-corrected chi connectivity index (χ3v) is 5.01. The van der Waals surface area contributed by atoms with Crippen LogP contribution in [0.25, 0.3) is 0 Å². The van der Waals surface area contributed by atoms with Crippen LogP contribution in [-0.2, 0) is 0 Å². The summed E-state index contributed by atoms with van der Waals surface area (Å²) < 4.78 is 0. The average Bonchev–Trinajstić information content (AvgIpc) is 2.63. The second kappa shape index (κ2) is 6.27. The molecular formula is C13H27NOS. The maximum Gasteiger partial charge on any atom is 0.0766 e. The van der Waals surface area contributed by atoms with E-state index in [9.17, 15) is 5.11 Å². The molecule has 1 saturated carbocycles. The summed E-state index contributed by atoms with van der Waals surface area (Å²) >= 11 is 2.08. The summed E-state index contributed by atoms with van der Waals surface area (Å²) in [6.45, 7) is 9.03. The first-order chi connectivity index (χ1) is 7.45. The minimum atomic E-state index is -0.573. The minimum absolute atomic E-state index is 0.308. The first-order valence-electron chi connectivity index (χ1n) is 6.53. The summed E-state index contributed by atoms with van der Waals surface area (Å²) in [5.41, 5.74) is -0.573. The molecule has 2 nitrogen and oxygen atoms in total. The topological polar surface area (TPSA) is 32.3 Å². The van der Waals surface area contributed by atoms with Gasteiger partial charge in [-0.2, -0.15) is 11.8 Å². The Morgan fingerprint density at radius 1 is 1.44 bits per heavy atom. The highest BCUT2D eigenvalue weighted by atomic mass is 32.2. The molecule has 2 N–H and O–H groups in total. The molecule has 0 bridgehead atoms. The van der Waals surface area contributed by atoms with Gasteiger partial charge in [0, 0.05) is 17.8 Å². The zero-order valence-electron chi connectivity index (χ0n) is 11.1. The molecule has 3 heteroatoms. The molecule has 0 spiro atoms. The van der Waals surface area contributed by atoms with E-state index in [1.54, 1.807) is 0 Å². The minimum Gasteiger partial charge on any atom is -0.389 e. The van der Waals surface area contributed by atoms with Crippen LogP contribution in [-0.4, -0.2) is 34.3 Å². The van der Waals surface area contributed by atoms with Gasteiger partial charge in [0.15, 0.2) is 0 Å². The smallest absolute Gasteiger partial charge is 0.0766 e. The standard InChI is InChI=1S/C13H27NOS/c1-5-16-12-7-6-11(8-12)14-9-13(4,15)10(2)3/h10-12,14-15H,5-9H2,1-4H3. The Kier molecular flexibility index (Phi) is 5.62. The van der Waals surface area contributed by atoms with Crippen LogP contribution in [0.3, 0.4) is 0 Å². The number of nitrogens with one attached hydrogen (secondary N) is 1. The van der Waals surface area contributed by atoms with Crippen LogP contribution in [0.4, 0.5) is 0 Å². The maximum atomic E-state index is 10.2. The number of hydrogen-bond acceptors (Lipinski definition) is 3. The summed E-state index contributed by atoms with van der Waals surface area (Å²) in [7, 11) is 0. The molecule has 0 aromatic carbocycles. The van der Waals surface area contributed by atoms with Gasteiger partial charge in [-0.05, 0) is 37.9 Å². The number of hydrogen-bond donors (Lipinski definition) is 2. The fourth-order valence-corrected chi connectivity index (χ4v) is 3.21. The van der Waals surface area contributed by atoms with Crippen LogP contribution in [0.1, 0.15) is 47.0 Å². The Labute approximate surface area is 105 Å². The lowest BCUT2D eigenvalue weighted by Gasteiger charge is -2.29. The van der Waals surface area contributed by atoms with E-state index in [0.717, 1.165) is 11.8 Å². The Morgan fingerprint density at radius 3 is 2.69 bits per heavy atom. The van der Waals surface area contributed by atoms with Gasteiger partial charge in [0.2, 0.25) is 0 Å². The van der Waals surface area contributed by atoms with Crippen LogP contribution in [0.2, 0.25) is 0 Å². The van der Waals surface area contributed by atoms with Crippen LogP contribution in [0.5, 0.6) is 0 Å². The molecule has 1 aliphatic rings. The van der Waals surface area contributed by atoms with E-state index in [1.165, 1.54) is 25.0 Å². The van der Waals surface area contributed by atoms with E-state index in [0.29, 0.717) is 12.0 Å². The lowest BCUT2D eigenvalue weighted by atomic mass is 9.92. The normalized spacial score (nSPS) is 29.6. The summed E-state index contributed by atoms with van der Waals surface area (Å²) in [5, 5.41) is 14.5. The molecule has 0 aliphatic heterocycles. The van der Waals surface area contributed by atoms with Gasteiger partial charge in [-0.1, -0.05) is 20.8 Å². The highest BCUT2D eigenvalue weighted by Gasteiger charge is 2.29. The summed E-state index contributed by atoms with van der Waals surface area (Å²) in [6.07, 6.45) is 3.87. The van der Waals surface area contributed by atoms with Crippen molar-refractivity contribution < 1.29 is 5.11 Å². The number of rotatable bonds is 6. The molecule has 1 rings (SSSR count). The lowest BCUT2D eigenvalue weighted by molar-refractivity contribution is 0.0120. The van der Waals surface area contributed by atoms with Crippen LogP contribution in [0.15, 0.2) is 0 Å². The molecule has 96 valence electrons. The summed E-state index contributed by atoms with van der Waals surface area (Å²) in [6, 6.07) is 0.620. The quantitative estimate of drug-likeness (QED) is 0.754. The molecule has 3 atom stereocenters. The molecule has 0 amide bonds. The highest BCUT2D eigenvalue weighted by Crippen LogP contribution is 2.30. The van der Waals surface area contributed by atoms with Crippen molar-refractivity contribution in [2.24, 2.45) is 5.92 Å². The Hall–Kier alpha value is 0.270. The van der Waals surface area contributed by atoms with Gasteiger partial charge in [0.25, 0.3) is 0 Å². The Morgan fingerprint density at radius 2 is 2.12 bits per heavy atom. The van der Waals surface area contributed by atoms with Gasteiger partial charge in [-0.15, -0.1) is 0 Å². The molecule has 0 saturated heterocycles. The van der Waals surface area contributed by atoms with Gasteiger partial charge in [0.1, 0.15) is 0 Å². The second-order valence-electron chi connectivity index (χ2n) is 5.48. The van der Waals surface area contributed by atoms with Crippen molar-refractivity contribution in [2.45, 2.75) is 63.9 Å². The zero-order valence-corrected chi connectivity index (χ0v) is 11.9. The van der Waals surface area contributed by atoms with Crippen LogP contribution < -0.4 is 5.32 Å². The van der Waals surface area contributed by atoms with Crippen molar-refractivity contribution in [3.05, 3.63) is 0 Å². The molecule has 0 aromatic rings. The SMILES string of the molecule is CCSC1CCC(NCC(C)(O)C(C)C)C1. The molecule has 3 unspecified atom stereocenters. The molecular weight excluding hydrogens is 218 g/mol. The van der Waals surface area contributed by atoms with Crippen molar-refractivity contribution in [2.75, 3.05) is 12.3 Å². The third-order valence-electron chi connectivity index (χ3n) is 3.78. The molecule has 0 radical (unpaired) electrons. The van der Waals surface area contributed by atoms with E-state index in [1.807, 2.05) is 6.92 Å². The predicted molar refractivity (Wildman–Crippen MR) is 73.0 cm³/mol. The summed E-state index contributed by atoms with van der Waals surface area (Å²) in [4.78, 5) is 0. The number of aliphatic hydroxyl groups is 1. The zero-order chi connectivity index (χ0) is 12.2. The van der Waals surface area contributed by atoms with E-state index < -0.39 is 5.60 Å². The van der Waals surface area contributed by atoms with E-state index in [2.05, 4.69) is 37.8 Å². The third kappa shape index (κ3) is 4.27. The molecule has 0 heterocycles. The second-order valence-corrected chi connectivity index (χ2v) is 7.06. The Balaban J connectivity index is 2.25. The van der Waals surface area contributed by atoms with E-state index in [4.69, 9.17) is 0 Å². The van der Waals surface area contributed by atoms with Gasteiger partial charge in [-0.25, -0.2) is 0 Å². The molecule has 0 aromatic heterocycles. The van der Waals surface area contributed by atoms with Gasteiger partial charge >= 0.3 is 0 Å². The summed E-state index contributed by atoms with van der Waals surface area (Å²) in [5.74, 6) is 1.53. The molecule has 1 aliphatic carbocycles. The van der Waals surface area contributed by atoms with Gasteiger partial charge in [0.05, 0.1) is 5.60 Å². The Bertz CT molecular complexity index is 206. The van der Waals surface area contributed by atoms with Crippen LogP contribution >= 0.6 is 11.8 Å². The van der Waals surface area contributed by atoms with Crippen molar-refractivity contribution in [1.82, 2.24) is 5.32 Å². The van der Waals surface area contributed by atoms with Gasteiger partial charge < -0.3 is 10.4 Å². The van der Waals surface area contributed by atoms with E-state index >= 15 is 0 Å².